The molecule has 3 N–H and O–H groups in total. The van der Waals surface area contributed by atoms with E-state index in [0.29, 0.717) is 24.0 Å². The molecule has 69 heavy (non-hydrogen) atoms. The summed E-state index contributed by atoms with van der Waals surface area (Å²) in [5.41, 5.74) is 3.17. The number of rotatable bonds is 21. The number of ether oxygens (including phenoxy) is 1. The lowest BCUT2D eigenvalue weighted by Crippen LogP contribution is -2.43. The Morgan fingerprint density at radius 1 is 0.435 bits per heavy atom. The highest BCUT2D eigenvalue weighted by molar-refractivity contribution is 5.99. The van der Waals surface area contributed by atoms with Crippen molar-refractivity contribution in [3.8, 4) is 0 Å². The number of carbonyl (C=O) groups excluding carboxylic acids is 5. The Balaban J connectivity index is 0.000000258. The van der Waals surface area contributed by atoms with Gasteiger partial charge in [-0.1, -0.05) is 48.5 Å². The maximum atomic E-state index is 13.4. The van der Waals surface area contributed by atoms with Gasteiger partial charge < -0.3 is 20.5 Å². The minimum absolute atomic E-state index is 0.0244. The van der Waals surface area contributed by atoms with Gasteiger partial charge in [0.2, 0.25) is 0 Å². The zero-order valence-corrected chi connectivity index (χ0v) is 37.5. The fourth-order valence-electron chi connectivity index (χ4n) is 7.28. The van der Waals surface area contributed by atoms with Crippen LogP contribution >= 0.6 is 0 Å². The summed E-state index contributed by atoms with van der Waals surface area (Å²) in [4.78, 5) is 63.4. The molecular weight excluding hydrogens is 903 g/mol. The van der Waals surface area contributed by atoms with E-state index in [-0.39, 0.29) is 67.4 Å². The lowest BCUT2D eigenvalue weighted by Gasteiger charge is -2.22. The Morgan fingerprint density at radius 3 is 1.01 bits per heavy atom. The van der Waals surface area contributed by atoms with Gasteiger partial charge in [-0.15, -0.1) is 0 Å². The molecule has 6 aromatic carbocycles. The molecule has 15 heteroatoms. The number of benzene rings is 6. The van der Waals surface area contributed by atoms with E-state index < -0.39 is 70.8 Å². The molecule has 0 aromatic heterocycles. The SMILES string of the molecule is CC(=O)OC[C@@H](CC(=O)[C@H](Cc1ccc(F)cc1)NC(=O)c1ccc(F)cc1)Cc1ccc(F)cc1.O=C(N[C@@H](Cc1ccc(F)cc1)C(=O)C[C@H](CO)Cc1ccc(F)cc1)c1ccc(F)cc1. The second-order valence-corrected chi connectivity index (χ2v) is 16.4. The van der Waals surface area contributed by atoms with Crippen LogP contribution < -0.4 is 10.6 Å². The van der Waals surface area contributed by atoms with Crippen molar-refractivity contribution in [2.24, 2.45) is 11.8 Å². The van der Waals surface area contributed by atoms with Crippen molar-refractivity contribution in [1.29, 1.82) is 0 Å². The van der Waals surface area contributed by atoms with Crippen molar-refractivity contribution in [3.05, 3.63) is 214 Å². The third-order valence-corrected chi connectivity index (χ3v) is 10.9. The fraction of sp³-hybridized carbons (Fsp3) is 0.241. The maximum absolute atomic E-state index is 13.4. The first-order valence-corrected chi connectivity index (χ1v) is 21.9. The van der Waals surface area contributed by atoms with Crippen molar-refractivity contribution in [2.75, 3.05) is 13.2 Å². The van der Waals surface area contributed by atoms with Crippen molar-refractivity contribution >= 4 is 29.4 Å². The summed E-state index contributed by atoms with van der Waals surface area (Å²) in [6, 6.07) is 30.7. The van der Waals surface area contributed by atoms with Gasteiger partial charge in [0.25, 0.3) is 11.8 Å². The minimum Gasteiger partial charge on any atom is -0.466 e. The number of hydrogen-bond donors (Lipinski definition) is 3. The van der Waals surface area contributed by atoms with Gasteiger partial charge in [-0.3, -0.25) is 24.0 Å². The monoisotopic (exact) mass is 952 g/mol. The van der Waals surface area contributed by atoms with E-state index in [4.69, 9.17) is 4.74 Å². The van der Waals surface area contributed by atoms with E-state index in [0.717, 1.165) is 35.4 Å². The molecule has 0 fully saturated rings. The molecule has 0 saturated heterocycles. The minimum atomic E-state index is -0.971. The number of ketones is 2. The van der Waals surface area contributed by atoms with Gasteiger partial charge in [-0.05, 0) is 151 Å². The van der Waals surface area contributed by atoms with E-state index in [1.54, 1.807) is 24.3 Å². The molecule has 0 bridgehead atoms. The topological polar surface area (TPSA) is 139 Å². The molecule has 0 aliphatic heterocycles. The number of amides is 2. The molecular formula is C54H50F6N2O7. The van der Waals surface area contributed by atoms with Crippen molar-refractivity contribution < 1.29 is 60.2 Å². The summed E-state index contributed by atoms with van der Waals surface area (Å²) >= 11 is 0. The molecule has 0 aliphatic rings. The number of nitrogens with one attached hydrogen (secondary N) is 2. The number of esters is 1. The molecule has 360 valence electrons. The highest BCUT2D eigenvalue weighted by Crippen LogP contribution is 2.20. The zero-order valence-electron chi connectivity index (χ0n) is 37.5. The van der Waals surface area contributed by atoms with Gasteiger partial charge in [-0.25, -0.2) is 26.3 Å². The largest absolute Gasteiger partial charge is 0.466 e. The molecule has 2 amide bonds. The first-order chi connectivity index (χ1) is 33.0. The Kier molecular flexibility index (Phi) is 20.0. The number of Topliss-reactive ketones (excluding diaryl/α,β-unsaturated/α-hetero) is 2. The van der Waals surface area contributed by atoms with Gasteiger partial charge in [0.15, 0.2) is 11.6 Å². The second-order valence-electron chi connectivity index (χ2n) is 16.4. The van der Waals surface area contributed by atoms with Gasteiger partial charge in [0.1, 0.15) is 34.9 Å². The van der Waals surface area contributed by atoms with Crippen LogP contribution in [0.5, 0.6) is 0 Å². The number of aliphatic hydroxyl groups excluding tert-OH is 1. The standard InChI is InChI=1S/C28H26F3NO4.C26H24F3NO3/c1-18(33)36-17-21(14-19-2-8-23(29)9-3-19)16-27(34)26(15-20-4-10-24(30)11-5-20)32-28(35)22-6-12-25(31)13-7-22;27-21-7-1-17(2-8-21)13-19(16-31)15-25(32)24(14-18-3-9-22(28)10-4-18)30-26(33)20-5-11-23(29)12-6-20/h2-13,21,26H,14-17H2,1H3,(H,32,35);1-12,19,24,31H,13-16H2,(H,30,33)/t21-,26+;19-,24+/m11/s1. The molecule has 0 spiro atoms. The van der Waals surface area contributed by atoms with Crippen LogP contribution in [0.3, 0.4) is 0 Å². The third-order valence-electron chi connectivity index (χ3n) is 10.9. The Morgan fingerprint density at radius 2 is 0.710 bits per heavy atom. The van der Waals surface area contributed by atoms with Crippen LogP contribution in [0.4, 0.5) is 26.3 Å². The average Bonchev–Trinajstić information content (AvgIpc) is 3.33. The number of hydrogen-bond acceptors (Lipinski definition) is 7. The Hall–Kier alpha value is -7.39. The normalized spacial score (nSPS) is 12.6. The maximum Gasteiger partial charge on any atom is 0.302 e. The lowest BCUT2D eigenvalue weighted by atomic mass is 9.90. The quantitative estimate of drug-likeness (QED) is 0.0484. The molecule has 0 radical (unpaired) electrons. The second kappa shape index (κ2) is 26.2. The van der Waals surface area contributed by atoms with Crippen LogP contribution in [0.2, 0.25) is 0 Å². The highest BCUT2D eigenvalue weighted by Gasteiger charge is 2.27. The number of aliphatic hydroxyl groups is 1. The van der Waals surface area contributed by atoms with Crippen molar-refractivity contribution in [2.45, 2.75) is 57.5 Å². The third kappa shape index (κ3) is 18.0. The molecule has 0 saturated carbocycles. The van der Waals surface area contributed by atoms with Gasteiger partial charge >= 0.3 is 5.97 Å². The molecule has 0 unspecified atom stereocenters. The zero-order chi connectivity index (χ0) is 49.9. The van der Waals surface area contributed by atoms with Crippen LogP contribution in [0.1, 0.15) is 62.7 Å². The Labute approximate surface area is 395 Å². The molecule has 6 rings (SSSR count). The number of carbonyl (C=O) groups is 5. The van der Waals surface area contributed by atoms with E-state index in [9.17, 15) is 55.4 Å². The predicted molar refractivity (Wildman–Crippen MR) is 246 cm³/mol. The van der Waals surface area contributed by atoms with Crippen LogP contribution in [-0.2, 0) is 44.8 Å². The van der Waals surface area contributed by atoms with Crippen LogP contribution in [0, 0.1) is 46.7 Å². The van der Waals surface area contributed by atoms with E-state index in [2.05, 4.69) is 10.6 Å². The van der Waals surface area contributed by atoms with Gasteiger partial charge in [-0.2, -0.15) is 0 Å². The summed E-state index contributed by atoms with van der Waals surface area (Å²) in [6.07, 6.45) is 0.861. The van der Waals surface area contributed by atoms with Crippen molar-refractivity contribution in [3.63, 3.8) is 0 Å². The molecule has 4 atom stereocenters. The van der Waals surface area contributed by atoms with Crippen molar-refractivity contribution in [1.82, 2.24) is 10.6 Å². The average molecular weight is 953 g/mol. The first-order valence-electron chi connectivity index (χ1n) is 21.9. The predicted octanol–water partition coefficient (Wildman–Crippen LogP) is 9.08. The first kappa shape index (κ1) is 52.6. The number of halogens is 6. The molecule has 9 nitrogen and oxygen atoms in total. The smallest absolute Gasteiger partial charge is 0.302 e. The summed E-state index contributed by atoms with van der Waals surface area (Å²) in [5, 5.41) is 15.2. The van der Waals surface area contributed by atoms with E-state index in [1.807, 2.05) is 0 Å². The summed E-state index contributed by atoms with van der Waals surface area (Å²) in [7, 11) is 0. The molecule has 6 aromatic rings. The highest BCUT2D eigenvalue weighted by atomic mass is 19.1. The van der Waals surface area contributed by atoms with Crippen LogP contribution in [-0.4, -0.2) is 59.8 Å². The van der Waals surface area contributed by atoms with E-state index in [1.165, 1.54) is 104 Å². The lowest BCUT2D eigenvalue weighted by molar-refractivity contribution is -0.143. The van der Waals surface area contributed by atoms with Gasteiger partial charge in [0, 0.05) is 43.4 Å². The summed E-state index contributed by atoms with van der Waals surface area (Å²) in [5.74, 6) is -5.71. The molecule has 0 heterocycles. The molecule has 0 aliphatic carbocycles. The summed E-state index contributed by atoms with van der Waals surface area (Å²) in [6.45, 7) is 0.961. The van der Waals surface area contributed by atoms with Crippen LogP contribution in [0.15, 0.2) is 146 Å². The fourth-order valence-corrected chi connectivity index (χ4v) is 7.28. The van der Waals surface area contributed by atoms with Crippen LogP contribution in [0.25, 0.3) is 0 Å². The van der Waals surface area contributed by atoms with Gasteiger partial charge in [0.05, 0.1) is 18.7 Å². The Bertz CT molecular complexity index is 2610. The van der Waals surface area contributed by atoms with E-state index >= 15 is 0 Å². The summed E-state index contributed by atoms with van der Waals surface area (Å²) < 4.78 is 84.7.